The number of unbranched alkanes of at least 4 members (excludes halogenated alkanes) is 1. The molecule has 1 aliphatic rings. The molecule has 1 fully saturated rings. The van der Waals surface area contributed by atoms with Gasteiger partial charge in [-0.05, 0) is 31.7 Å². The van der Waals surface area contributed by atoms with E-state index < -0.39 is 5.97 Å². The quantitative estimate of drug-likeness (QED) is 0.662. The predicted molar refractivity (Wildman–Crippen MR) is 67.1 cm³/mol. The Kier molecular flexibility index (Phi) is 6.52. The van der Waals surface area contributed by atoms with Gasteiger partial charge >= 0.3 is 5.97 Å². The Hall–Kier alpha value is -0.610. The molecule has 0 saturated carbocycles. The summed E-state index contributed by atoms with van der Waals surface area (Å²) >= 11 is 0. The molecule has 1 N–H and O–H groups in total. The Morgan fingerprint density at radius 3 is 2.88 bits per heavy atom. The van der Waals surface area contributed by atoms with Gasteiger partial charge < -0.3 is 14.7 Å². The van der Waals surface area contributed by atoms with Crippen molar-refractivity contribution in [2.75, 3.05) is 26.2 Å². The van der Waals surface area contributed by atoms with Crippen LogP contribution in [-0.4, -0.2) is 48.3 Å². The van der Waals surface area contributed by atoms with E-state index in [2.05, 4.69) is 18.7 Å². The fraction of sp³-hybridized carbons (Fsp3) is 0.923. The van der Waals surface area contributed by atoms with Crippen LogP contribution in [0.3, 0.4) is 0 Å². The first kappa shape index (κ1) is 14.5. The van der Waals surface area contributed by atoms with Gasteiger partial charge in [-0.1, -0.05) is 13.8 Å². The number of hydrogen-bond acceptors (Lipinski definition) is 3. The molecule has 0 aromatic rings. The average molecular weight is 243 g/mol. The summed E-state index contributed by atoms with van der Waals surface area (Å²) in [5.41, 5.74) is 0. The predicted octanol–water partition coefficient (Wildman–Crippen LogP) is 1.99. The highest BCUT2D eigenvalue weighted by Gasteiger charge is 2.22. The van der Waals surface area contributed by atoms with Crippen LogP contribution in [0, 0.1) is 5.92 Å². The summed E-state index contributed by atoms with van der Waals surface area (Å²) in [4.78, 5) is 12.7. The van der Waals surface area contributed by atoms with Gasteiger partial charge in [0.2, 0.25) is 0 Å². The van der Waals surface area contributed by atoms with E-state index in [-0.39, 0.29) is 0 Å². The van der Waals surface area contributed by atoms with Crippen LogP contribution in [-0.2, 0) is 9.53 Å². The average Bonchev–Trinajstić information content (AvgIpc) is 2.69. The van der Waals surface area contributed by atoms with E-state index in [1.54, 1.807) is 0 Å². The fourth-order valence-corrected chi connectivity index (χ4v) is 2.08. The molecule has 4 heteroatoms. The normalized spacial score (nSPS) is 21.2. The van der Waals surface area contributed by atoms with Gasteiger partial charge in [0.25, 0.3) is 0 Å². The topological polar surface area (TPSA) is 49.8 Å². The van der Waals surface area contributed by atoms with Gasteiger partial charge in [-0.3, -0.25) is 4.79 Å². The minimum absolute atomic E-state index is 0.293. The molecule has 1 rings (SSSR count). The number of aliphatic carboxylic acids is 1. The molecule has 17 heavy (non-hydrogen) atoms. The maximum atomic E-state index is 10.4. The zero-order valence-corrected chi connectivity index (χ0v) is 11.0. The lowest BCUT2D eigenvalue weighted by atomic mass is 10.2. The van der Waals surface area contributed by atoms with Crippen LogP contribution >= 0.6 is 0 Å². The van der Waals surface area contributed by atoms with E-state index in [0.717, 1.165) is 45.5 Å². The number of rotatable bonds is 8. The Balaban J connectivity index is 2.03. The van der Waals surface area contributed by atoms with Crippen molar-refractivity contribution in [3.63, 3.8) is 0 Å². The second-order valence-corrected chi connectivity index (χ2v) is 5.29. The summed E-state index contributed by atoms with van der Waals surface area (Å²) in [6.07, 6.45) is 3.55. The SMILES string of the molecule is CC(C)COC1CCN(CCCCC(=O)O)C1. The lowest BCUT2D eigenvalue weighted by molar-refractivity contribution is -0.137. The van der Waals surface area contributed by atoms with Gasteiger partial charge in [-0.2, -0.15) is 0 Å². The molecule has 0 radical (unpaired) electrons. The molecule has 1 aliphatic heterocycles. The van der Waals surface area contributed by atoms with E-state index in [1.807, 2.05) is 0 Å². The molecule has 1 unspecified atom stereocenters. The molecule has 0 aromatic carbocycles. The lowest BCUT2D eigenvalue weighted by Crippen LogP contribution is -2.25. The van der Waals surface area contributed by atoms with Crippen molar-refractivity contribution in [1.82, 2.24) is 4.90 Å². The van der Waals surface area contributed by atoms with Gasteiger partial charge in [-0.15, -0.1) is 0 Å². The molecular weight excluding hydrogens is 218 g/mol. The smallest absolute Gasteiger partial charge is 0.303 e. The second kappa shape index (κ2) is 7.67. The number of hydrogen-bond donors (Lipinski definition) is 1. The Labute approximate surface area is 104 Å². The van der Waals surface area contributed by atoms with Crippen molar-refractivity contribution < 1.29 is 14.6 Å². The first-order valence-electron chi connectivity index (χ1n) is 6.63. The van der Waals surface area contributed by atoms with Crippen molar-refractivity contribution in [1.29, 1.82) is 0 Å². The van der Waals surface area contributed by atoms with Gasteiger partial charge in [0.1, 0.15) is 0 Å². The van der Waals surface area contributed by atoms with Crippen LogP contribution in [0.1, 0.15) is 39.5 Å². The number of carboxylic acids is 1. The number of ether oxygens (including phenoxy) is 1. The highest BCUT2D eigenvalue weighted by Crippen LogP contribution is 2.14. The Bertz CT molecular complexity index is 231. The lowest BCUT2D eigenvalue weighted by Gasteiger charge is -2.16. The van der Waals surface area contributed by atoms with Crippen molar-refractivity contribution in [3.05, 3.63) is 0 Å². The highest BCUT2D eigenvalue weighted by molar-refractivity contribution is 5.66. The molecule has 0 aliphatic carbocycles. The summed E-state index contributed by atoms with van der Waals surface area (Å²) in [5.74, 6) is -0.0934. The van der Waals surface area contributed by atoms with E-state index >= 15 is 0 Å². The van der Waals surface area contributed by atoms with Crippen LogP contribution in [0.15, 0.2) is 0 Å². The van der Waals surface area contributed by atoms with Crippen LogP contribution in [0.5, 0.6) is 0 Å². The third kappa shape index (κ3) is 6.64. The van der Waals surface area contributed by atoms with Gasteiger partial charge in [0.15, 0.2) is 0 Å². The van der Waals surface area contributed by atoms with E-state index in [9.17, 15) is 4.79 Å². The molecule has 1 heterocycles. The zero-order chi connectivity index (χ0) is 12.7. The summed E-state index contributed by atoms with van der Waals surface area (Å²) in [5, 5.41) is 8.54. The van der Waals surface area contributed by atoms with E-state index in [0.29, 0.717) is 18.4 Å². The monoisotopic (exact) mass is 243 g/mol. The zero-order valence-electron chi connectivity index (χ0n) is 11.0. The summed E-state index contributed by atoms with van der Waals surface area (Å²) < 4.78 is 5.80. The molecule has 0 aromatic heterocycles. The molecule has 0 bridgehead atoms. The molecule has 1 saturated heterocycles. The van der Waals surface area contributed by atoms with Crippen LogP contribution in [0.2, 0.25) is 0 Å². The van der Waals surface area contributed by atoms with Crippen molar-refractivity contribution in [2.24, 2.45) is 5.92 Å². The number of likely N-dealkylation sites (tertiary alicyclic amines) is 1. The van der Waals surface area contributed by atoms with E-state index in [1.165, 1.54) is 0 Å². The van der Waals surface area contributed by atoms with Crippen molar-refractivity contribution in [3.8, 4) is 0 Å². The number of carboxylic acid groups (broad SMARTS) is 1. The third-order valence-corrected chi connectivity index (χ3v) is 3.01. The summed E-state index contributed by atoms with van der Waals surface area (Å²) in [6, 6.07) is 0. The van der Waals surface area contributed by atoms with Crippen LogP contribution < -0.4 is 0 Å². The standard InChI is InChI=1S/C13H25NO3/c1-11(2)10-17-12-6-8-14(9-12)7-4-3-5-13(15)16/h11-12H,3-10H2,1-2H3,(H,15,16). The maximum Gasteiger partial charge on any atom is 0.303 e. The fourth-order valence-electron chi connectivity index (χ4n) is 2.08. The molecule has 0 amide bonds. The largest absolute Gasteiger partial charge is 0.481 e. The molecule has 100 valence electrons. The van der Waals surface area contributed by atoms with Crippen molar-refractivity contribution >= 4 is 5.97 Å². The Morgan fingerprint density at radius 2 is 2.24 bits per heavy atom. The van der Waals surface area contributed by atoms with Crippen LogP contribution in [0.25, 0.3) is 0 Å². The maximum absolute atomic E-state index is 10.4. The van der Waals surface area contributed by atoms with E-state index in [4.69, 9.17) is 9.84 Å². The second-order valence-electron chi connectivity index (χ2n) is 5.29. The minimum atomic E-state index is -0.690. The van der Waals surface area contributed by atoms with Gasteiger partial charge in [0.05, 0.1) is 6.10 Å². The minimum Gasteiger partial charge on any atom is -0.481 e. The molecule has 4 nitrogen and oxygen atoms in total. The molecular formula is C13H25NO3. The summed E-state index contributed by atoms with van der Waals surface area (Å²) in [6.45, 7) is 8.29. The van der Waals surface area contributed by atoms with Crippen molar-refractivity contribution in [2.45, 2.75) is 45.6 Å². The Morgan fingerprint density at radius 1 is 1.47 bits per heavy atom. The first-order valence-corrected chi connectivity index (χ1v) is 6.63. The van der Waals surface area contributed by atoms with Crippen LogP contribution in [0.4, 0.5) is 0 Å². The highest BCUT2D eigenvalue weighted by atomic mass is 16.5. The van der Waals surface area contributed by atoms with Gasteiger partial charge in [-0.25, -0.2) is 0 Å². The number of carbonyl (C=O) groups is 1. The van der Waals surface area contributed by atoms with Gasteiger partial charge in [0, 0.05) is 26.1 Å². The third-order valence-electron chi connectivity index (χ3n) is 3.01. The molecule has 0 spiro atoms. The molecule has 1 atom stereocenters. The number of nitrogens with zero attached hydrogens (tertiary/aromatic N) is 1. The summed E-state index contributed by atoms with van der Waals surface area (Å²) in [7, 11) is 0. The first-order chi connectivity index (χ1) is 8.08.